The van der Waals surface area contributed by atoms with Crippen LogP contribution in [0.4, 0.5) is 0 Å². The number of pyridine rings is 1. The summed E-state index contributed by atoms with van der Waals surface area (Å²) >= 11 is 12.3. The molecule has 0 fully saturated rings. The van der Waals surface area contributed by atoms with Crippen molar-refractivity contribution in [1.82, 2.24) is 4.98 Å². The van der Waals surface area contributed by atoms with Crippen LogP contribution in [0.15, 0.2) is 79.1 Å². The van der Waals surface area contributed by atoms with E-state index in [0.717, 1.165) is 24.4 Å². The van der Waals surface area contributed by atoms with E-state index < -0.39 is 0 Å². The van der Waals surface area contributed by atoms with Crippen LogP contribution in [0.5, 0.6) is 5.75 Å². The molecule has 0 aliphatic carbocycles. The molecule has 0 saturated carbocycles. The Morgan fingerprint density at radius 2 is 1.79 bits per heavy atom. The van der Waals surface area contributed by atoms with Gasteiger partial charge in [-0.3, -0.25) is 4.98 Å². The minimum Gasteiger partial charge on any atom is -0.488 e. The summed E-state index contributed by atoms with van der Waals surface area (Å²) in [5.41, 5.74) is 3.29. The smallest absolute Gasteiger partial charge is 0.129 e. The number of hydrogen-bond acceptors (Lipinski definition) is 2. The lowest BCUT2D eigenvalue weighted by atomic mass is 10.0. The van der Waals surface area contributed by atoms with E-state index in [4.69, 9.17) is 27.9 Å². The fourth-order valence-corrected chi connectivity index (χ4v) is 3.82. The van der Waals surface area contributed by atoms with E-state index in [2.05, 4.69) is 46.7 Å². The summed E-state index contributed by atoms with van der Waals surface area (Å²) < 4.78 is 6.19. The molecule has 3 nitrogen and oxygen atoms in total. The first-order chi connectivity index (χ1) is 14.2. The minimum atomic E-state index is 0.393. The van der Waals surface area contributed by atoms with Gasteiger partial charge in [-0.05, 0) is 35.0 Å². The van der Waals surface area contributed by atoms with Gasteiger partial charge >= 0.3 is 0 Å². The number of rotatable bonds is 7. The van der Waals surface area contributed by atoms with Crippen LogP contribution in [-0.2, 0) is 19.7 Å². The van der Waals surface area contributed by atoms with Crippen LogP contribution in [0.1, 0.15) is 16.7 Å². The van der Waals surface area contributed by atoms with Gasteiger partial charge in [0.05, 0.1) is 5.56 Å². The molecular weight excluding hydrogens is 403 g/mol. The zero-order chi connectivity index (χ0) is 20.1. The van der Waals surface area contributed by atoms with Crippen LogP contribution in [0.25, 0.3) is 10.8 Å². The molecule has 3 aromatic carbocycles. The van der Waals surface area contributed by atoms with E-state index in [1.54, 1.807) is 12.3 Å². The average molecular weight is 424 g/mol. The molecule has 0 atom stereocenters. The highest BCUT2D eigenvalue weighted by Gasteiger charge is 2.12. The predicted molar refractivity (Wildman–Crippen MR) is 118 cm³/mol. The Morgan fingerprint density at radius 1 is 0.897 bits per heavy atom. The van der Waals surface area contributed by atoms with Crippen LogP contribution in [0, 0.1) is 0 Å². The zero-order valence-corrected chi connectivity index (χ0v) is 17.3. The van der Waals surface area contributed by atoms with Crippen LogP contribution in [0.3, 0.4) is 0 Å². The van der Waals surface area contributed by atoms with Crippen molar-refractivity contribution >= 4 is 34.0 Å². The number of nitrogens with zero attached hydrogens (tertiary/aromatic N) is 1. The van der Waals surface area contributed by atoms with E-state index in [9.17, 15) is 0 Å². The molecule has 5 heteroatoms. The van der Waals surface area contributed by atoms with Crippen molar-refractivity contribution in [2.45, 2.75) is 19.7 Å². The van der Waals surface area contributed by atoms with Crippen molar-refractivity contribution in [2.24, 2.45) is 0 Å². The Hall–Kier alpha value is -2.59. The van der Waals surface area contributed by atoms with Crippen molar-refractivity contribution in [3.63, 3.8) is 0 Å². The van der Waals surface area contributed by atoms with Crippen molar-refractivity contribution in [1.29, 1.82) is 0 Å². The first-order valence-electron chi connectivity index (χ1n) is 9.48. The van der Waals surface area contributed by atoms with Crippen molar-refractivity contribution in [3.8, 4) is 5.75 Å². The van der Waals surface area contributed by atoms with E-state index in [1.807, 2.05) is 30.5 Å². The molecule has 0 unspecified atom stereocenters. The maximum absolute atomic E-state index is 6.31. The van der Waals surface area contributed by atoms with Gasteiger partial charge in [0.2, 0.25) is 0 Å². The molecule has 2 N–H and O–H groups in total. The molecule has 0 saturated heterocycles. The van der Waals surface area contributed by atoms with Gasteiger partial charge in [0.15, 0.2) is 0 Å². The fourth-order valence-electron chi connectivity index (χ4n) is 3.36. The van der Waals surface area contributed by atoms with E-state index in [0.29, 0.717) is 16.7 Å². The first-order valence-corrected chi connectivity index (χ1v) is 10.2. The van der Waals surface area contributed by atoms with Crippen LogP contribution in [0.2, 0.25) is 10.0 Å². The fraction of sp³-hybridized carbons (Fsp3) is 0.125. The van der Waals surface area contributed by atoms with Gasteiger partial charge in [-0.25, -0.2) is 0 Å². The summed E-state index contributed by atoms with van der Waals surface area (Å²) in [5, 5.41) is 5.91. The van der Waals surface area contributed by atoms with Gasteiger partial charge in [-0.15, -0.1) is 0 Å². The number of nitrogens with two attached hydrogens (primary N) is 1. The van der Waals surface area contributed by atoms with Crippen LogP contribution >= 0.6 is 23.2 Å². The maximum atomic E-state index is 6.31. The van der Waals surface area contributed by atoms with Gasteiger partial charge in [0.1, 0.15) is 25.4 Å². The van der Waals surface area contributed by atoms with Crippen LogP contribution in [-0.4, -0.2) is 4.98 Å². The van der Waals surface area contributed by atoms with Crippen molar-refractivity contribution < 1.29 is 10.1 Å². The highest BCUT2D eigenvalue weighted by atomic mass is 35.5. The number of hydrogen-bond donors (Lipinski definition) is 1. The number of benzene rings is 3. The van der Waals surface area contributed by atoms with Gasteiger partial charge in [-0.1, -0.05) is 65.7 Å². The molecule has 1 aromatic heterocycles. The summed E-state index contributed by atoms with van der Waals surface area (Å²) in [6.45, 7) is 2.06. The van der Waals surface area contributed by atoms with Crippen molar-refractivity contribution in [2.75, 3.05) is 0 Å². The first kappa shape index (κ1) is 19.7. The third kappa shape index (κ3) is 4.88. The third-order valence-electron chi connectivity index (χ3n) is 4.85. The molecule has 1 heterocycles. The molecule has 0 bridgehead atoms. The van der Waals surface area contributed by atoms with Crippen LogP contribution < -0.4 is 10.1 Å². The summed E-state index contributed by atoms with van der Waals surface area (Å²) in [7, 11) is 0. The lowest BCUT2D eigenvalue weighted by Gasteiger charge is -2.14. The molecule has 0 radical (unpaired) electrons. The Morgan fingerprint density at radius 3 is 2.62 bits per heavy atom. The van der Waals surface area contributed by atoms with Gasteiger partial charge in [-0.2, -0.15) is 0 Å². The number of fused-ring (bicyclic) bond motifs is 1. The number of quaternary nitrogens is 1. The molecule has 0 aliphatic rings. The average Bonchev–Trinajstić information content (AvgIpc) is 2.74. The second-order valence-corrected chi connectivity index (χ2v) is 7.69. The monoisotopic (exact) mass is 423 g/mol. The topological polar surface area (TPSA) is 38.7 Å². The lowest BCUT2D eigenvalue weighted by Crippen LogP contribution is -2.80. The predicted octanol–water partition coefficient (Wildman–Crippen LogP) is 5.38. The molecule has 4 aromatic rings. The Labute approximate surface area is 180 Å². The van der Waals surface area contributed by atoms with E-state index in [1.165, 1.54) is 21.9 Å². The SMILES string of the molecule is Clc1ccc(COc2ccc3ccccc3c2C[NH2+]Cc2cccnc2)c(Cl)c1. The maximum Gasteiger partial charge on any atom is 0.129 e. The number of ether oxygens (including phenoxy) is 1. The second-order valence-electron chi connectivity index (χ2n) is 6.85. The summed E-state index contributed by atoms with van der Waals surface area (Å²) in [4.78, 5) is 4.19. The van der Waals surface area contributed by atoms with Gasteiger partial charge < -0.3 is 10.1 Å². The quantitative estimate of drug-likeness (QED) is 0.432. The molecular formula is C24H21Cl2N2O+. The zero-order valence-electron chi connectivity index (χ0n) is 15.8. The molecule has 146 valence electrons. The van der Waals surface area contributed by atoms with E-state index in [-0.39, 0.29) is 0 Å². The lowest BCUT2D eigenvalue weighted by molar-refractivity contribution is -0.686. The number of halogens is 2. The van der Waals surface area contributed by atoms with Crippen molar-refractivity contribution in [3.05, 3.63) is 106 Å². The molecule has 29 heavy (non-hydrogen) atoms. The summed E-state index contributed by atoms with van der Waals surface area (Å²) in [6, 6.07) is 22.0. The summed E-state index contributed by atoms with van der Waals surface area (Å²) in [5.74, 6) is 0.872. The highest BCUT2D eigenvalue weighted by molar-refractivity contribution is 6.35. The number of aromatic nitrogens is 1. The van der Waals surface area contributed by atoms with Gasteiger partial charge in [0, 0.05) is 33.6 Å². The molecule has 0 spiro atoms. The van der Waals surface area contributed by atoms with E-state index >= 15 is 0 Å². The standard InChI is InChI=1S/C24H20Cl2N2O/c25-20-9-7-19(23(26)12-20)16-29-24-10-8-18-5-1-2-6-21(18)22(24)15-28-14-17-4-3-11-27-13-17/h1-13,28H,14-16H2/p+1. The summed E-state index contributed by atoms with van der Waals surface area (Å²) in [6.07, 6.45) is 3.70. The van der Waals surface area contributed by atoms with Gasteiger partial charge in [0.25, 0.3) is 0 Å². The molecule has 4 rings (SSSR count). The molecule has 0 amide bonds. The Balaban J connectivity index is 1.56. The molecule has 0 aliphatic heterocycles. The third-order valence-corrected chi connectivity index (χ3v) is 5.43. The largest absolute Gasteiger partial charge is 0.488 e. The second kappa shape index (κ2) is 9.27. The Kier molecular flexibility index (Phi) is 6.30. The normalized spacial score (nSPS) is 11.0. The minimum absolute atomic E-state index is 0.393. The highest BCUT2D eigenvalue weighted by Crippen LogP contribution is 2.29. The Bertz CT molecular complexity index is 1120.